The summed E-state index contributed by atoms with van der Waals surface area (Å²) in [5.41, 5.74) is 2.10. The van der Waals surface area contributed by atoms with Crippen molar-refractivity contribution in [3.05, 3.63) is 52.8 Å². The van der Waals surface area contributed by atoms with Crippen molar-refractivity contribution < 1.29 is 23.8 Å². The molecule has 0 saturated heterocycles. The second-order valence-electron chi connectivity index (χ2n) is 8.67. The monoisotopic (exact) mass is 498 g/mol. The van der Waals surface area contributed by atoms with Crippen molar-refractivity contribution in [1.82, 2.24) is 20.5 Å². The summed E-state index contributed by atoms with van der Waals surface area (Å²) in [6.07, 6.45) is 0.457. The standard InChI is InChI=1S/C25H30N4O5S/c1-14(2)13-33-25(31)34-21-19(32-6)11-12-26-20(21)22(30)27-16(5)23-28-29-24(35-23)18-9-7-17(8-10-18)15(3)4/h7-12,14-16H,13H2,1-6H3,(H,27,30)/t16-/m0/s1. The first-order valence-electron chi connectivity index (χ1n) is 11.3. The second-order valence-corrected chi connectivity index (χ2v) is 9.67. The molecular formula is C25H30N4O5S. The van der Waals surface area contributed by atoms with E-state index in [0.717, 1.165) is 10.6 Å². The maximum atomic E-state index is 13.0. The number of aromatic nitrogens is 3. The molecule has 35 heavy (non-hydrogen) atoms. The third-order valence-corrected chi connectivity index (χ3v) is 6.16. The Kier molecular flexibility index (Phi) is 8.75. The molecule has 0 spiro atoms. The molecule has 0 aliphatic rings. The summed E-state index contributed by atoms with van der Waals surface area (Å²) in [5, 5.41) is 12.7. The molecule has 2 aromatic heterocycles. The number of nitrogens with zero attached hydrogens (tertiary/aromatic N) is 3. The van der Waals surface area contributed by atoms with Gasteiger partial charge in [0.15, 0.2) is 11.4 Å². The Morgan fingerprint density at radius 1 is 1.03 bits per heavy atom. The maximum absolute atomic E-state index is 13.0. The number of ether oxygens (including phenoxy) is 3. The smallest absolute Gasteiger partial charge is 0.493 e. The van der Waals surface area contributed by atoms with Crippen molar-refractivity contribution in [3.63, 3.8) is 0 Å². The van der Waals surface area contributed by atoms with E-state index in [-0.39, 0.29) is 29.7 Å². The third kappa shape index (κ3) is 6.75. The van der Waals surface area contributed by atoms with Crippen LogP contribution in [0.25, 0.3) is 10.6 Å². The topological polar surface area (TPSA) is 113 Å². The van der Waals surface area contributed by atoms with E-state index in [1.54, 1.807) is 6.92 Å². The van der Waals surface area contributed by atoms with Gasteiger partial charge in [0.1, 0.15) is 10.0 Å². The number of hydrogen-bond acceptors (Lipinski definition) is 9. The van der Waals surface area contributed by atoms with Crippen molar-refractivity contribution in [1.29, 1.82) is 0 Å². The Hall–Kier alpha value is -3.53. The Labute approximate surface area is 208 Å². The van der Waals surface area contributed by atoms with Gasteiger partial charge < -0.3 is 19.5 Å². The summed E-state index contributed by atoms with van der Waals surface area (Å²) in [7, 11) is 1.41. The van der Waals surface area contributed by atoms with Crippen LogP contribution in [0, 0.1) is 5.92 Å². The molecule has 0 aliphatic carbocycles. The number of benzene rings is 1. The average Bonchev–Trinajstić information content (AvgIpc) is 3.33. The molecule has 1 atom stereocenters. The Morgan fingerprint density at radius 2 is 1.74 bits per heavy atom. The van der Waals surface area contributed by atoms with Crippen molar-refractivity contribution in [2.45, 2.75) is 46.6 Å². The van der Waals surface area contributed by atoms with Crippen LogP contribution in [0.4, 0.5) is 4.79 Å². The molecule has 1 aromatic carbocycles. The third-order valence-electron chi connectivity index (χ3n) is 5.01. The normalized spacial score (nSPS) is 11.9. The van der Waals surface area contributed by atoms with Crippen molar-refractivity contribution in [2.24, 2.45) is 5.92 Å². The first-order valence-corrected chi connectivity index (χ1v) is 12.1. The van der Waals surface area contributed by atoms with Crippen LogP contribution >= 0.6 is 11.3 Å². The molecule has 1 amide bonds. The number of carbonyl (C=O) groups is 2. The summed E-state index contributed by atoms with van der Waals surface area (Å²) < 4.78 is 15.6. The Morgan fingerprint density at radius 3 is 2.37 bits per heavy atom. The number of hydrogen-bond donors (Lipinski definition) is 1. The lowest BCUT2D eigenvalue weighted by Crippen LogP contribution is -2.28. The summed E-state index contributed by atoms with van der Waals surface area (Å²) >= 11 is 1.39. The van der Waals surface area contributed by atoms with Crippen LogP contribution in [0.5, 0.6) is 11.5 Å². The second kappa shape index (κ2) is 11.7. The number of carbonyl (C=O) groups excluding carboxylic acids is 2. The number of rotatable bonds is 9. The highest BCUT2D eigenvalue weighted by atomic mass is 32.1. The van der Waals surface area contributed by atoms with Gasteiger partial charge in [-0.3, -0.25) is 4.79 Å². The molecule has 2 heterocycles. The van der Waals surface area contributed by atoms with E-state index in [4.69, 9.17) is 14.2 Å². The molecule has 3 aromatic rings. The van der Waals surface area contributed by atoms with E-state index in [0.29, 0.717) is 10.9 Å². The molecule has 0 bridgehead atoms. The lowest BCUT2D eigenvalue weighted by molar-refractivity contribution is 0.0852. The molecule has 0 aliphatic heterocycles. The summed E-state index contributed by atoms with van der Waals surface area (Å²) in [5.74, 6) is 0.0902. The van der Waals surface area contributed by atoms with Crippen LogP contribution in [0.3, 0.4) is 0 Å². The maximum Gasteiger partial charge on any atom is 0.514 e. The minimum absolute atomic E-state index is 0.105. The number of pyridine rings is 1. The van der Waals surface area contributed by atoms with Gasteiger partial charge in [0.05, 0.1) is 19.8 Å². The van der Waals surface area contributed by atoms with Gasteiger partial charge in [-0.2, -0.15) is 0 Å². The quantitative estimate of drug-likeness (QED) is 0.391. The molecule has 3 rings (SSSR count). The predicted octanol–water partition coefficient (Wildman–Crippen LogP) is 5.39. The highest BCUT2D eigenvalue weighted by Gasteiger charge is 2.25. The fraction of sp³-hybridized carbons (Fsp3) is 0.400. The summed E-state index contributed by atoms with van der Waals surface area (Å²) in [4.78, 5) is 29.3. The number of nitrogens with one attached hydrogen (secondary N) is 1. The van der Waals surface area contributed by atoms with Gasteiger partial charge in [-0.25, -0.2) is 9.78 Å². The molecule has 10 heteroatoms. The highest BCUT2D eigenvalue weighted by Crippen LogP contribution is 2.31. The Balaban J connectivity index is 1.74. The van der Waals surface area contributed by atoms with Crippen molar-refractivity contribution in [2.75, 3.05) is 13.7 Å². The van der Waals surface area contributed by atoms with Crippen molar-refractivity contribution >= 4 is 23.4 Å². The van der Waals surface area contributed by atoms with Crippen LogP contribution in [0.2, 0.25) is 0 Å². The predicted molar refractivity (Wildman–Crippen MR) is 133 cm³/mol. The molecule has 9 nitrogen and oxygen atoms in total. The number of amides is 1. The SMILES string of the molecule is COc1ccnc(C(=O)N[C@@H](C)c2nnc(-c3ccc(C(C)C)cc3)s2)c1OC(=O)OCC(C)C. The van der Waals surface area contributed by atoms with E-state index in [1.165, 1.54) is 36.3 Å². The first kappa shape index (κ1) is 26.1. The van der Waals surface area contributed by atoms with Crippen LogP contribution in [-0.2, 0) is 4.74 Å². The summed E-state index contributed by atoms with van der Waals surface area (Å²) in [6, 6.07) is 9.23. The van der Waals surface area contributed by atoms with Gasteiger partial charge in [0.25, 0.3) is 5.91 Å². The van der Waals surface area contributed by atoms with Crippen LogP contribution in [-0.4, -0.2) is 41.0 Å². The molecule has 1 N–H and O–H groups in total. The fourth-order valence-electron chi connectivity index (χ4n) is 3.06. The van der Waals surface area contributed by atoms with E-state index in [1.807, 2.05) is 26.0 Å². The van der Waals surface area contributed by atoms with Gasteiger partial charge >= 0.3 is 6.16 Å². The Bertz CT molecular complexity index is 1160. The zero-order chi connectivity index (χ0) is 25.5. The van der Waals surface area contributed by atoms with Crippen LogP contribution < -0.4 is 14.8 Å². The van der Waals surface area contributed by atoms with E-state index >= 15 is 0 Å². The number of methoxy groups -OCH3 is 1. The lowest BCUT2D eigenvalue weighted by atomic mass is 10.0. The molecule has 0 radical (unpaired) electrons. The lowest BCUT2D eigenvalue weighted by Gasteiger charge is -2.15. The molecule has 0 saturated carbocycles. The molecule has 0 fully saturated rings. The fourth-order valence-corrected chi connectivity index (χ4v) is 3.91. The van der Waals surface area contributed by atoms with Crippen molar-refractivity contribution in [3.8, 4) is 22.1 Å². The van der Waals surface area contributed by atoms with E-state index < -0.39 is 18.1 Å². The van der Waals surface area contributed by atoms with Gasteiger partial charge in [0.2, 0.25) is 5.75 Å². The zero-order valence-corrected chi connectivity index (χ0v) is 21.5. The minimum atomic E-state index is -0.940. The molecule has 0 unspecified atom stereocenters. The first-order chi connectivity index (χ1) is 16.7. The average molecular weight is 499 g/mol. The largest absolute Gasteiger partial charge is 0.514 e. The molecular weight excluding hydrogens is 468 g/mol. The van der Waals surface area contributed by atoms with Crippen LogP contribution in [0.1, 0.15) is 67.6 Å². The minimum Gasteiger partial charge on any atom is -0.493 e. The zero-order valence-electron chi connectivity index (χ0n) is 20.7. The van der Waals surface area contributed by atoms with Gasteiger partial charge in [-0.1, -0.05) is 63.3 Å². The summed E-state index contributed by atoms with van der Waals surface area (Å²) in [6.45, 7) is 10.1. The van der Waals surface area contributed by atoms with Crippen LogP contribution in [0.15, 0.2) is 36.5 Å². The van der Waals surface area contributed by atoms with Gasteiger partial charge in [-0.05, 0) is 24.3 Å². The van der Waals surface area contributed by atoms with E-state index in [9.17, 15) is 9.59 Å². The van der Waals surface area contributed by atoms with Gasteiger partial charge in [-0.15, -0.1) is 10.2 Å². The van der Waals surface area contributed by atoms with E-state index in [2.05, 4.69) is 46.5 Å². The highest BCUT2D eigenvalue weighted by molar-refractivity contribution is 7.14. The van der Waals surface area contributed by atoms with Gasteiger partial charge in [0, 0.05) is 17.8 Å². The molecule has 186 valence electrons.